The Balaban J connectivity index is 1.53. The molecular weight excluding hydrogens is 278 g/mol. The normalized spacial score (nSPS) is 15.5. The molecule has 22 heavy (non-hydrogen) atoms. The molecule has 1 N–H and O–H groups in total. The minimum atomic E-state index is 0.0544. The molecule has 1 fully saturated rings. The summed E-state index contributed by atoms with van der Waals surface area (Å²) >= 11 is 0. The van der Waals surface area contributed by atoms with Gasteiger partial charge in [-0.25, -0.2) is 4.98 Å². The molecule has 0 bridgehead atoms. The molecule has 6 heteroatoms. The van der Waals surface area contributed by atoms with Crippen molar-refractivity contribution in [2.75, 3.05) is 0 Å². The van der Waals surface area contributed by atoms with Crippen LogP contribution >= 0.6 is 0 Å². The molecule has 6 nitrogen and oxygen atoms in total. The molecule has 0 aliphatic heterocycles. The summed E-state index contributed by atoms with van der Waals surface area (Å²) in [5.74, 6) is 0.619. The lowest BCUT2D eigenvalue weighted by molar-refractivity contribution is -0.122. The SMILES string of the molecule is Cc1cccc([C@H](NC(=O)CCCn2cncn2)C2CC2)n1. The quantitative estimate of drug-likeness (QED) is 0.849. The highest BCUT2D eigenvalue weighted by atomic mass is 16.1. The van der Waals surface area contributed by atoms with Crippen LogP contribution in [0.5, 0.6) is 0 Å². The van der Waals surface area contributed by atoms with Crippen LogP contribution in [0.3, 0.4) is 0 Å². The predicted molar refractivity (Wildman–Crippen MR) is 81.8 cm³/mol. The van der Waals surface area contributed by atoms with Crippen LogP contribution in [0.2, 0.25) is 0 Å². The van der Waals surface area contributed by atoms with Gasteiger partial charge < -0.3 is 5.32 Å². The fourth-order valence-electron chi connectivity index (χ4n) is 2.60. The molecule has 0 radical (unpaired) electrons. The zero-order valence-corrected chi connectivity index (χ0v) is 12.8. The summed E-state index contributed by atoms with van der Waals surface area (Å²) in [6.45, 7) is 2.69. The number of carbonyl (C=O) groups excluding carboxylic acids is 1. The molecule has 0 spiro atoms. The number of pyridine rings is 1. The Morgan fingerprint density at radius 3 is 3.00 bits per heavy atom. The van der Waals surface area contributed by atoms with Crippen molar-refractivity contribution in [2.24, 2.45) is 5.92 Å². The molecule has 2 aromatic heterocycles. The Bertz CT molecular complexity index is 621. The fraction of sp³-hybridized carbons (Fsp3) is 0.500. The van der Waals surface area contributed by atoms with Crippen LogP contribution in [0.15, 0.2) is 30.9 Å². The van der Waals surface area contributed by atoms with E-state index >= 15 is 0 Å². The molecule has 3 rings (SSSR count). The van der Waals surface area contributed by atoms with Crippen LogP contribution < -0.4 is 5.32 Å². The van der Waals surface area contributed by atoms with E-state index in [2.05, 4.69) is 20.4 Å². The summed E-state index contributed by atoms with van der Waals surface area (Å²) in [5.41, 5.74) is 1.97. The lowest BCUT2D eigenvalue weighted by Gasteiger charge is -2.18. The van der Waals surface area contributed by atoms with E-state index in [1.165, 1.54) is 19.2 Å². The van der Waals surface area contributed by atoms with Crippen molar-refractivity contribution in [2.45, 2.75) is 45.2 Å². The van der Waals surface area contributed by atoms with Gasteiger partial charge in [0.2, 0.25) is 5.91 Å². The van der Waals surface area contributed by atoms with Gasteiger partial charge in [0.05, 0.1) is 11.7 Å². The molecule has 0 unspecified atom stereocenters. The van der Waals surface area contributed by atoms with Gasteiger partial charge in [-0.2, -0.15) is 5.10 Å². The van der Waals surface area contributed by atoms with E-state index < -0.39 is 0 Å². The second-order valence-electron chi connectivity index (χ2n) is 5.85. The molecule has 1 aliphatic carbocycles. The lowest BCUT2D eigenvalue weighted by Crippen LogP contribution is -2.30. The van der Waals surface area contributed by atoms with E-state index in [0.717, 1.165) is 17.8 Å². The first-order valence-corrected chi connectivity index (χ1v) is 7.78. The van der Waals surface area contributed by atoms with Crippen LogP contribution in [-0.2, 0) is 11.3 Å². The van der Waals surface area contributed by atoms with Crippen LogP contribution in [-0.4, -0.2) is 25.7 Å². The Labute approximate surface area is 130 Å². The maximum absolute atomic E-state index is 12.2. The molecule has 1 saturated carbocycles. The molecule has 116 valence electrons. The number of hydrogen-bond acceptors (Lipinski definition) is 4. The van der Waals surface area contributed by atoms with Crippen LogP contribution in [0.4, 0.5) is 0 Å². The molecular formula is C16H21N5O. The Morgan fingerprint density at radius 1 is 1.45 bits per heavy atom. The third kappa shape index (κ3) is 3.90. The summed E-state index contributed by atoms with van der Waals surface area (Å²) < 4.78 is 1.74. The first kappa shape index (κ1) is 14.7. The average Bonchev–Trinajstić information content (AvgIpc) is 3.21. The Hall–Kier alpha value is -2.24. The summed E-state index contributed by atoms with van der Waals surface area (Å²) in [7, 11) is 0. The van der Waals surface area contributed by atoms with E-state index in [-0.39, 0.29) is 11.9 Å². The predicted octanol–water partition coefficient (Wildman–Crippen LogP) is 2.03. The fourth-order valence-corrected chi connectivity index (χ4v) is 2.60. The number of aromatic nitrogens is 4. The molecule has 1 aliphatic rings. The summed E-state index contributed by atoms with van der Waals surface area (Å²) in [5, 5.41) is 7.19. The van der Waals surface area contributed by atoms with Gasteiger partial charge in [-0.3, -0.25) is 14.5 Å². The van der Waals surface area contributed by atoms with Crippen molar-refractivity contribution < 1.29 is 4.79 Å². The second-order valence-corrected chi connectivity index (χ2v) is 5.85. The number of nitrogens with zero attached hydrogens (tertiary/aromatic N) is 4. The molecule has 2 heterocycles. The number of nitrogens with one attached hydrogen (secondary N) is 1. The van der Waals surface area contributed by atoms with E-state index in [4.69, 9.17) is 0 Å². The van der Waals surface area contributed by atoms with Gasteiger partial charge in [0.15, 0.2) is 0 Å². The van der Waals surface area contributed by atoms with Gasteiger partial charge in [0.1, 0.15) is 12.7 Å². The number of hydrogen-bond donors (Lipinski definition) is 1. The zero-order valence-electron chi connectivity index (χ0n) is 12.8. The summed E-state index contributed by atoms with van der Waals surface area (Å²) in [6.07, 6.45) is 6.76. The van der Waals surface area contributed by atoms with Gasteiger partial charge in [-0.15, -0.1) is 0 Å². The monoisotopic (exact) mass is 299 g/mol. The molecule has 0 saturated heterocycles. The van der Waals surface area contributed by atoms with E-state index in [1.807, 2.05) is 25.1 Å². The highest BCUT2D eigenvalue weighted by Crippen LogP contribution is 2.40. The largest absolute Gasteiger partial charge is 0.347 e. The number of rotatable bonds is 7. The zero-order chi connectivity index (χ0) is 15.4. The average molecular weight is 299 g/mol. The summed E-state index contributed by atoms with van der Waals surface area (Å²) in [4.78, 5) is 20.7. The molecule has 1 atom stereocenters. The molecule has 0 aromatic carbocycles. The van der Waals surface area contributed by atoms with Crippen molar-refractivity contribution in [3.05, 3.63) is 42.2 Å². The minimum Gasteiger partial charge on any atom is -0.347 e. The Morgan fingerprint density at radius 2 is 2.32 bits per heavy atom. The van der Waals surface area contributed by atoms with Crippen molar-refractivity contribution in [1.29, 1.82) is 0 Å². The number of amides is 1. The smallest absolute Gasteiger partial charge is 0.220 e. The third-order valence-electron chi connectivity index (χ3n) is 3.90. The number of aryl methyl sites for hydroxylation is 2. The summed E-state index contributed by atoms with van der Waals surface area (Å²) in [6, 6.07) is 6.04. The Kier molecular flexibility index (Phi) is 4.46. The highest BCUT2D eigenvalue weighted by molar-refractivity contribution is 5.76. The maximum atomic E-state index is 12.2. The van der Waals surface area contributed by atoms with Gasteiger partial charge in [-0.1, -0.05) is 6.07 Å². The van der Waals surface area contributed by atoms with Gasteiger partial charge in [0, 0.05) is 18.7 Å². The van der Waals surface area contributed by atoms with E-state index in [9.17, 15) is 4.79 Å². The van der Waals surface area contributed by atoms with Crippen LogP contribution in [0.25, 0.3) is 0 Å². The topological polar surface area (TPSA) is 72.7 Å². The third-order valence-corrected chi connectivity index (χ3v) is 3.90. The highest BCUT2D eigenvalue weighted by Gasteiger charge is 2.34. The minimum absolute atomic E-state index is 0.0544. The van der Waals surface area contributed by atoms with Crippen molar-refractivity contribution in [1.82, 2.24) is 25.1 Å². The second kappa shape index (κ2) is 6.68. The van der Waals surface area contributed by atoms with Crippen LogP contribution in [0, 0.1) is 12.8 Å². The van der Waals surface area contributed by atoms with E-state index in [1.54, 1.807) is 11.0 Å². The van der Waals surface area contributed by atoms with Crippen LogP contribution in [0.1, 0.15) is 43.1 Å². The van der Waals surface area contributed by atoms with Gasteiger partial charge in [0.25, 0.3) is 0 Å². The molecule has 2 aromatic rings. The first-order valence-electron chi connectivity index (χ1n) is 7.78. The van der Waals surface area contributed by atoms with Crippen molar-refractivity contribution in [3.63, 3.8) is 0 Å². The molecule has 1 amide bonds. The van der Waals surface area contributed by atoms with E-state index in [0.29, 0.717) is 18.9 Å². The van der Waals surface area contributed by atoms with Crippen molar-refractivity contribution in [3.8, 4) is 0 Å². The van der Waals surface area contributed by atoms with Crippen molar-refractivity contribution >= 4 is 5.91 Å². The first-order chi connectivity index (χ1) is 10.7. The standard InChI is InChI=1S/C16H21N5O/c1-12-4-2-5-14(19-12)16(13-7-8-13)20-15(22)6-3-9-21-11-17-10-18-21/h2,4-5,10-11,13,16H,3,6-9H2,1H3,(H,20,22)/t16-/m1/s1. The number of carbonyl (C=O) groups is 1. The lowest BCUT2D eigenvalue weighted by atomic mass is 10.1. The maximum Gasteiger partial charge on any atom is 0.220 e. The van der Waals surface area contributed by atoms with Gasteiger partial charge >= 0.3 is 0 Å². The van der Waals surface area contributed by atoms with Gasteiger partial charge in [-0.05, 0) is 44.2 Å².